The number of aromatic amines is 1. The van der Waals surface area contributed by atoms with Gasteiger partial charge in [0.15, 0.2) is 5.96 Å². The molecule has 3 aromatic rings. The number of hydrogen-bond acceptors (Lipinski definition) is 4. The summed E-state index contributed by atoms with van der Waals surface area (Å²) in [6, 6.07) is 10.9. The van der Waals surface area contributed by atoms with Crippen LogP contribution in [0.4, 0.5) is 13.2 Å². The van der Waals surface area contributed by atoms with Crippen molar-refractivity contribution in [1.29, 1.82) is 0 Å². The third kappa shape index (κ3) is 5.51. The molecular formula is C24H26F3N5O2. The monoisotopic (exact) mass is 473 g/mol. The molecule has 1 aliphatic heterocycles. The average Bonchev–Trinajstić information content (AvgIpc) is 3.23. The highest BCUT2D eigenvalue weighted by Gasteiger charge is 2.34. The van der Waals surface area contributed by atoms with Crippen LogP contribution in [0.15, 0.2) is 47.5 Å². The summed E-state index contributed by atoms with van der Waals surface area (Å²) in [7, 11) is 1.38. The largest absolute Gasteiger partial charge is 0.457 e. The lowest BCUT2D eigenvalue weighted by atomic mass is 10.1. The van der Waals surface area contributed by atoms with Crippen molar-refractivity contribution in [2.45, 2.75) is 32.0 Å². The van der Waals surface area contributed by atoms with E-state index in [0.29, 0.717) is 5.75 Å². The molecule has 0 radical (unpaired) electrons. The maximum atomic E-state index is 13.8. The highest BCUT2D eigenvalue weighted by molar-refractivity contribution is 6.07. The number of halogens is 3. The number of carbonyl (C=O) groups excluding carboxylic acids is 1. The van der Waals surface area contributed by atoms with Crippen LogP contribution in [-0.4, -0.2) is 41.9 Å². The normalized spacial score (nSPS) is 15.5. The van der Waals surface area contributed by atoms with Gasteiger partial charge in [-0.1, -0.05) is 18.6 Å². The number of nitrogens with two attached hydrogens (primary N) is 1. The fraction of sp³-hybridized carbons (Fsp3) is 0.333. The summed E-state index contributed by atoms with van der Waals surface area (Å²) in [5, 5.41) is 2.16. The zero-order valence-corrected chi connectivity index (χ0v) is 18.7. The molecule has 7 nitrogen and oxygen atoms in total. The Labute approximate surface area is 194 Å². The third-order valence-corrected chi connectivity index (χ3v) is 5.73. The average molecular weight is 473 g/mol. The molecule has 0 unspecified atom stereocenters. The van der Waals surface area contributed by atoms with E-state index in [4.69, 9.17) is 10.5 Å². The lowest BCUT2D eigenvalue weighted by Crippen LogP contribution is -2.36. The number of rotatable bonds is 5. The predicted molar refractivity (Wildman–Crippen MR) is 124 cm³/mol. The van der Waals surface area contributed by atoms with E-state index in [1.54, 1.807) is 6.07 Å². The van der Waals surface area contributed by atoms with Crippen LogP contribution in [0.1, 0.15) is 40.9 Å². The molecule has 180 valence electrons. The van der Waals surface area contributed by atoms with Gasteiger partial charge in [-0.3, -0.25) is 20.0 Å². The first-order chi connectivity index (χ1) is 16.2. The summed E-state index contributed by atoms with van der Waals surface area (Å²) in [6.07, 6.45) is -1.06. The summed E-state index contributed by atoms with van der Waals surface area (Å²) in [5.41, 5.74) is 5.66. The van der Waals surface area contributed by atoms with Gasteiger partial charge in [-0.05, 0) is 55.8 Å². The van der Waals surface area contributed by atoms with Crippen molar-refractivity contribution in [3.63, 3.8) is 0 Å². The molecule has 2 aromatic carbocycles. The van der Waals surface area contributed by atoms with Crippen molar-refractivity contribution < 1.29 is 22.7 Å². The molecule has 4 N–H and O–H groups in total. The van der Waals surface area contributed by atoms with E-state index >= 15 is 0 Å². The molecule has 4 rings (SSSR count). The Morgan fingerprint density at radius 3 is 2.62 bits per heavy atom. The van der Waals surface area contributed by atoms with Gasteiger partial charge in [0.25, 0.3) is 5.91 Å². The van der Waals surface area contributed by atoms with Gasteiger partial charge in [-0.2, -0.15) is 13.2 Å². The second kappa shape index (κ2) is 9.76. The zero-order chi connectivity index (χ0) is 24.3. The van der Waals surface area contributed by atoms with Gasteiger partial charge in [-0.25, -0.2) is 0 Å². The van der Waals surface area contributed by atoms with Crippen LogP contribution >= 0.6 is 0 Å². The molecule has 0 saturated carbocycles. The van der Waals surface area contributed by atoms with Gasteiger partial charge < -0.3 is 15.5 Å². The van der Waals surface area contributed by atoms with Crippen LogP contribution in [-0.2, 0) is 12.7 Å². The molecule has 1 saturated heterocycles. The number of carbonyl (C=O) groups is 1. The fourth-order valence-electron chi connectivity index (χ4n) is 4.09. The summed E-state index contributed by atoms with van der Waals surface area (Å²) in [5.74, 6) is -0.384. The van der Waals surface area contributed by atoms with Crippen molar-refractivity contribution in [2.24, 2.45) is 10.7 Å². The van der Waals surface area contributed by atoms with Gasteiger partial charge >= 0.3 is 6.18 Å². The van der Waals surface area contributed by atoms with Crippen LogP contribution in [0.3, 0.4) is 0 Å². The first-order valence-corrected chi connectivity index (χ1v) is 11.0. The van der Waals surface area contributed by atoms with Crippen LogP contribution in [0.2, 0.25) is 0 Å². The number of aromatic nitrogens is 1. The second-order valence-electron chi connectivity index (χ2n) is 8.26. The molecule has 1 aliphatic rings. The summed E-state index contributed by atoms with van der Waals surface area (Å²) in [4.78, 5) is 21.0. The summed E-state index contributed by atoms with van der Waals surface area (Å²) in [6.45, 7) is 2.84. The van der Waals surface area contributed by atoms with E-state index in [9.17, 15) is 18.0 Å². The molecule has 0 bridgehead atoms. The number of hydrogen-bond donors (Lipinski definition) is 3. The number of fused-ring (bicyclic) bond motifs is 1. The topological polar surface area (TPSA) is 95.7 Å². The number of guanidine groups is 1. The molecule has 1 aromatic heterocycles. The lowest BCUT2D eigenvalue weighted by Gasteiger charge is -2.26. The number of amides is 1. The Kier molecular flexibility index (Phi) is 6.78. The molecule has 1 amide bonds. The summed E-state index contributed by atoms with van der Waals surface area (Å²) < 4.78 is 47.3. The van der Waals surface area contributed by atoms with Crippen LogP contribution in [0.5, 0.6) is 11.5 Å². The Bertz CT molecular complexity index is 1210. The number of aliphatic imine (C=N–C) groups is 1. The maximum Gasteiger partial charge on any atom is 0.417 e. The zero-order valence-electron chi connectivity index (χ0n) is 18.7. The standard InChI is InChI=1S/C24H26F3N5O2/c1-29-23(28)31-22(33)21-13-18-19(24(25,26)27)11-17(12-20(18)30-21)34-16-7-5-6-15(10-16)14-32-8-3-2-4-9-32/h5-7,10-13,30H,2-4,8-9,14H2,1H3,(H3,28,29,31,33). The minimum atomic E-state index is -4.65. The lowest BCUT2D eigenvalue weighted by molar-refractivity contribution is -0.136. The van der Waals surface area contributed by atoms with Gasteiger partial charge in [0.05, 0.1) is 11.1 Å². The van der Waals surface area contributed by atoms with Crippen LogP contribution < -0.4 is 15.8 Å². The molecule has 2 heterocycles. The first-order valence-electron chi connectivity index (χ1n) is 11.0. The van der Waals surface area contributed by atoms with Gasteiger partial charge in [0, 0.05) is 25.0 Å². The maximum absolute atomic E-state index is 13.8. The van der Waals surface area contributed by atoms with Gasteiger partial charge in [-0.15, -0.1) is 0 Å². The minimum Gasteiger partial charge on any atom is -0.457 e. The van der Waals surface area contributed by atoms with Crippen molar-refractivity contribution in [3.8, 4) is 11.5 Å². The SMILES string of the molecule is CN=C(N)NC(=O)c1cc2c(C(F)(F)F)cc(Oc3cccc(CN4CCCCC4)c3)cc2[nH]1. The third-order valence-electron chi connectivity index (χ3n) is 5.73. The van der Waals surface area contributed by atoms with E-state index in [0.717, 1.165) is 37.3 Å². The van der Waals surface area contributed by atoms with Gasteiger partial charge in [0.1, 0.15) is 17.2 Å². The van der Waals surface area contributed by atoms with E-state index in [2.05, 4.69) is 20.2 Å². The van der Waals surface area contributed by atoms with Crippen molar-refractivity contribution in [2.75, 3.05) is 20.1 Å². The van der Waals surface area contributed by atoms with Gasteiger partial charge in [0.2, 0.25) is 0 Å². The number of piperidine rings is 1. The van der Waals surface area contributed by atoms with E-state index < -0.39 is 17.6 Å². The molecule has 34 heavy (non-hydrogen) atoms. The number of nitrogens with zero attached hydrogens (tertiary/aromatic N) is 2. The van der Waals surface area contributed by atoms with Crippen molar-refractivity contribution in [1.82, 2.24) is 15.2 Å². The van der Waals surface area contributed by atoms with E-state index in [1.165, 1.54) is 32.4 Å². The van der Waals surface area contributed by atoms with E-state index in [1.807, 2.05) is 18.2 Å². The number of alkyl halides is 3. The van der Waals surface area contributed by atoms with Crippen LogP contribution in [0, 0.1) is 0 Å². The Balaban J connectivity index is 1.62. The quantitative estimate of drug-likeness (QED) is 0.372. The highest BCUT2D eigenvalue weighted by atomic mass is 19.4. The molecule has 0 atom stereocenters. The number of likely N-dealkylation sites (tertiary alicyclic amines) is 1. The second-order valence-corrected chi connectivity index (χ2v) is 8.26. The van der Waals surface area contributed by atoms with E-state index in [-0.39, 0.29) is 28.3 Å². The molecular weight excluding hydrogens is 447 g/mol. The number of nitrogens with one attached hydrogen (secondary N) is 2. The van der Waals surface area contributed by atoms with Crippen LogP contribution in [0.25, 0.3) is 10.9 Å². The summed E-state index contributed by atoms with van der Waals surface area (Å²) >= 11 is 0. The molecule has 10 heteroatoms. The molecule has 0 spiro atoms. The minimum absolute atomic E-state index is 0.0124. The van der Waals surface area contributed by atoms with Crippen molar-refractivity contribution in [3.05, 3.63) is 59.3 Å². The first kappa shape index (κ1) is 23.6. The Morgan fingerprint density at radius 1 is 1.15 bits per heavy atom. The smallest absolute Gasteiger partial charge is 0.417 e. The molecule has 1 fully saturated rings. The van der Waals surface area contributed by atoms with Crippen molar-refractivity contribution >= 4 is 22.8 Å². The predicted octanol–water partition coefficient (Wildman–Crippen LogP) is 4.64. The number of H-pyrrole nitrogens is 1. The number of benzene rings is 2. The highest BCUT2D eigenvalue weighted by Crippen LogP contribution is 2.39. The molecule has 0 aliphatic carbocycles. The number of ether oxygens (including phenoxy) is 1. The fourth-order valence-corrected chi connectivity index (χ4v) is 4.09. The Hall–Kier alpha value is -3.53. The Morgan fingerprint density at radius 2 is 1.91 bits per heavy atom.